The van der Waals surface area contributed by atoms with Gasteiger partial charge in [-0.15, -0.1) is 0 Å². The molecule has 2 fully saturated rings. The Hall–Kier alpha value is -0.0800. The van der Waals surface area contributed by atoms with Crippen molar-refractivity contribution in [2.24, 2.45) is 5.92 Å². The average molecular weight is 169 g/mol. The summed E-state index contributed by atoms with van der Waals surface area (Å²) in [6, 6.07) is 0.889. The van der Waals surface area contributed by atoms with E-state index in [1.165, 1.54) is 32.4 Å². The predicted octanol–water partition coefficient (Wildman–Crippen LogP) is 1.51. The molecule has 1 saturated heterocycles. The molecule has 0 aromatic heterocycles. The maximum Gasteiger partial charge on any atom is 0.0710 e. The second-order valence-electron chi connectivity index (χ2n) is 4.37. The van der Waals surface area contributed by atoms with Crippen LogP contribution in [0.3, 0.4) is 0 Å². The first-order chi connectivity index (χ1) is 5.79. The van der Waals surface area contributed by atoms with Crippen molar-refractivity contribution in [2.45, 2.75) is 38.3 Å². The summed E-state index contributed by atoms with van der Waals surface area (Å²) < 4.78 is 5.35. The highest BCUT2D eigenvalue weighted by Gasteiger charge is 2.34. The number of nitrogens with zero attached hydrogens (tertiary/aromatic N) is 1. The molecule has 0 bridgehead atoms. The van der Waals surface area contributed by atoms with E-state index in [9.17, 15) is 0 Å². The minimum atomic E-state index is 0.515. The first-order valence-electron chi connectivity index (χ1n) is 5.06. The minimum Gasteiger partial charge on any atom is -0.380 e. The fourth-order valence-electron chi connectivity index (χ4n) is 2.44. The summed E-state index contributed by atoms with van der Waals surface area (Å²) in [6.07, 6.45) is 4.58. The van der Waals surface area contributed by atoms with E-state index in [2.05, 4.69) is 11.8 Å². The highest BCUT2D eigenvalue weighted by atomic mass is 16.5. The van der Waals surface area contributed by atoms with Gasteiger partial charge in [0.15, 0.2) is 0 Å². The van der Waals surface area contributed by atoms with Gasteiger partial charge in [-0.3, -0.25) is 4.90 Å². The third kappa shape index (κ3) is 1.50. The van der Waals surface area contributed by atoms with Crippen LogP contribution in [-0.4, -0.2) is 37.2 Å². The molecular formula is C10H19NO. The van der Waals surface area contributed by atoms with E-state index in [-0.39, 0.29) is 0 Å². The van der Waals surface area contributed by atoms with Crippen molar-refractivity contribution in [3.63, 3.8) is 0 Å². The van der Waals surface area contributed by atoms with Crippen LogP contribution in [0.2, 0.25) is 0 Å². The molecule has 0 unspecified atom stereocenters. The molecule has 2 rings (SSSR count). The van der Waals surface area contributed by atoms with Crippen LogP contribution in [0.4, 0.5) is 0 Å². The van der Waals surface area contributed by atoms with E-state index in [1.807, 2.05) is 7.11 Å². The SMILES string of the molecule is CO[C@H]1CCN(C2CC(C)C2)C1. The van der Waals surface area contributed by atoms with Crippen molar-refractivity contribution >= 4 is 0 Å². The first kappa shape index (κ1) is 8.52. The highest BCUT2D eigenvalue weighted by Crippen LogP contribution is 2.33. The van der Waals surface area contributed by atoms with Crippen LogP contribution in [-0.2, 0) is 4.74 Å². The molecule has 12 heavy (non-hydrogen) atoms. The lowest BCUT2D eigenvalue weighted by Gasteiger charge is -2.39. The Balaban J connectivity index is 1.76. The molecule has 2 aliphatic rings. The molecule has 2 nitrogen and oxygen atoms in total. The number of hydrogen-bond donors (Lipinski definition) is 0. The Morgan fingerprint density at radius 1 is 1.33 bits per heavy atom. The third-order valence-electron chi connectivity index (χ3n) is 3.38. The van der Waals surface area contributed by atoms with Gasteiger partial charge in [-0.1, -0.05) is 6.92 Å². The quantitative estimate of drug-likeness (QED) is 0.621. The lowest BCUT2D eigenvalue weighted by Crippen LogP contribution is -2.42. The summed E-state index contributed by atoms with van der Waals surface area (Å²) in [4.78, 5) is 2.61. The van der Waals surface area contributed by atoms with Crippen molar-refractivity contribution in [3.05, 3.63) is 0 Å². The van der Waals surface area contributed by atoms with Gasteiger partial charge in [-0.05, 0) is 25.2 Å². The molecule has 1 aliphatic carbocycles. The monoisotopic (exact) mass is 169 g/mol. The van der Waals surface area contributed by atoms with E-state index in [0.717, 1.165) is 12.0 Å². The Morgan fingerprint density at radius 2 is 2.08 bits per heavy atom. The van der Waals surface area contributed by atoms with Crippen LogP contribution < -0.4 is 0 Å². The summed E-state index contributed by atoms with van der Waals surface area (Å²) in [7, 11) is 1.83. The molecule has 1 atom stereocenters. The predicted molar refractivity (Wildman–Crippen MR) is 49.2 cm³/mol. The van der Waals surface area contributed by atoms with Crippen molar-refractivity contribution < 1.29 is 4.74 Å². The second kappa shape index (κ2) is 3.35. The van der Waals surface area contributed by atoms with E-state index >= 15 is 0 Å². The standard InChI is InChI=1S/C10H19NO/c1-8-5-9(6-8)11-4-3-10(7-11)12-2/h8-10H,3-7H2,1-2H3/t8?,9?,10-/m0/s1. The molecule has 0 N–H and O–H groups in total. The molecular weight excluding hydrogens is 150 g/mol. The number of hydrogen-bond acceptors (Lipinski definition) is 2. The minimum absolute atomic E-state index is 0.515. The molecule has 0 amide bonds. The Kier molecular flexibility index (Phi) is 2.37. The number of likely N-dealkylation sites (tertiary alicyclic amines) is 1. The summed E-state index contributed by atoms with van der Waals surface area (Å²) in [5, 5.41) is 0. The van der Waals surface area contributed by atoms with Gasteiger partial charge >= 0.3 is 0 Å². The van der Waals surface area contributed by atoms with E-state index < -0.39 is 0 Å². The van der Waals surface area contributed by atoms with E-state index in [0.29, 0.717) is 6.10 Å². The zero-order valence-electron chi connectivity index (χ0n) is 8.12. The van der Waals surface area contributed by atoms with Gasteiger partial charge in [0.2, 0.25) is 0 Å². The lowest BCUT2D eigenvalue weighted by molar-refractivity contribution is 0.0712. The van der Waals surface area contributed by atoms with Crippen LogP contribution in [0.25, 0.3) is 0 Å². The molecule has 2 heteroatoms. The zero-order valence-corrected chi connectivity index (χ0v) is 8.12. The van der Waals surface area contributed by atoms with Crippen molar-refractivity contribution in [1.29, 1.82) is 0 Å². The molecule has 1 heterocycles. The largest absolute Gasteiger partial charge is 0.380 e. The third-order valence-corrected chi connectivity index (χ3v) is 3.38. The van der Waals surface area contributed by atoms with E-state index in [1.54, 1.807) is 0 Å². The normalized spacial score (nSPS) is 43.0. The van der Waals surface area contributed by atoms with Crippen LogP contribution in [0.15, 0.2) is 0 Å². The van der Waals surface area contributed by atoms with Crippen molar-refractivity contribution in [1.82, 2.24) is 4.90 Å². The highest BCUT2D eigenvalue weighted by molar-refractivity contribution is 4.89. The van der Waals surface area contributed by atoms with Crippen LogP contribution >= 0.6 is 0 Å². The summed E-state index contributed by atoms with van der Waals surface area (Å²) in [5.41, 5.74) is 0. The molecule has 1 saturated carbocycles. The van der Waals surface area contributed by atoms with Gasteiger partial charge in [-0.25, -0.2) is 0 Å². The van der Waals surface area contributed by atoms with Crippen LogP contribution in [0, 0.1) is 5.92 Å². The Morgan fingerprint density at radius 3 is 2.58 bits per heavy atom. The Bertz CT molecular complexity index is 154. The fraction of sp³-hybridized carbons (Fsp3) is 1.00. The van der Waals surface area contributed by atoms with Crippen molar-refractivity contribution in [2.75, 3.05) is 20.2 Å². The number of methoxy groups -OCH3 is 1. The molecule has 0 aromatic rings. The van der Waals surface area contributed by atoms with Crippen LogP contribution in [0.5, 0.6) is 0 Å². The maximum atomic E-state index is 5.35. The van der Waals surface area contributed by atoms with Gasteiger partial charge in [0.05, 0.1) is 6.10 Å². The summed E-state index contributed by atoms with van der Waals surface area (Å²) in [6.45, 7) is 4.78. The lowest BCUT2D eigenvalue weighted by atomic mass is 9.81. The van der Waals surface area contributed by atoms with Crippen LogP contribution in [0.1, 0.15) is 26.2 Å². The number of ether oxygens (including phenoxy) is 1. The molecule has 0 radical (unpaired) electrons. The van der Waals surface area contributed by atoms with Gasteiger partial charge < -0.3 is 4.74 Å². The second-order valence-corrected chi connectivity index (χ2v) is 4.37. The summed E-state index contributed by atoms with van der Waals surface area (Å²) in [5.74, 6) is 0.969. The van der Waals surface area contributed by atoms with Crippen molar-refractivity contribution in [3.8, 4) is 0 Å². The first-order valence-corrected chi connectivity index (χ1v) is 5.06. The molecule has 0 spiro atoms. The smallest absolute Gasteiger partial charge is 0.0710 e. The van der Waals surface area contributed by atoms with Gasteiger partial charge in [0.25, 0.3) is 0 Å². The number of rotatable bonds is 2. The fourth-order valence-corrected chi connectivity index (χ4v) is 2.44. The topological polar surface area (TPSA) is 12.5 Å². The molecule has 1 aliphatic heterocycles. The average Bonchev–Trinajstić information content (AvgIpc) is 2.46. The maximum absolute atomic E-state index is 5.35. The Labute approximate surface area is 74.9 Å². The molecule has 0 aromatic carbocycles. The summed E-state index contributed by atoms with van der Waals surface area (Å²) >= 11 is 0. The van der Waals surface area contributed by atoms with Gasteiger partial charge in [0, 0.05) is 26.2 Å². The van der Waals surface area contributed by atoms with E-state index in [4.69, 9.17) is 4.74 Å². The molecule has 70 valence electrons. The van der Waals surface area contributed by atoms with Gasteiger partial charge in [0.1, 0.15) is 0 Å². The van der Waals surface area contributed by atoms with Gasteiger partial charge in [-0.2, -0.15) is 0 Å². The zero-order chi connectivity index (χ0) is 8.55.